The van der Waals surface area contributed by atoms with Crippen molar-refractivity contribution >= 4 is 22.7 Å². The van der Waals surface area contributed by atoms with E-state index in [9.17, 15) is 0 Å². The van der Waals surface area contributed by atoms with Gasteiger partial charge in [0.15, 0.2) is 17.0 Å². The van der Waals surface area contributed by atoms with Crippen molar-refractivity contribution in [3.05, 3.63) is 54.4 Å². The van der Waals surface area contributed by atoms with Crippen LogP contribution in [0.4, 0.5) is 11.5 Å². The van der Waals surface area contributed by atoms with Gasteiger partial charge in [0.05, 0.1) is 6.33 Å². The van der Waals surface area contributed by atoms with Gasteiger partial charge in [-0.2, -0.15) is 9.97 Å². The summed E-state index contributed by atoms with van der Waals surface area (Å²) >= 11 is 0. The zero-order valence-corrected chi connectivity index (χ0v) is 18.2. The summed E-state index contributed by atoms with van der Waals surface area (Å²) in [6, 6.07) is 8.87. The van der Waals surface area contributed by atoms with E-state index in [0.29, 0.717) is 17.9 Å². The lowest BCUT2D eigenvalue weighted by Crippen LogP contribution is -2.13. The van der Waals surface area contributed by atoms with Gasteiger partial charge in [0.1, 0.15) is 5.82 Å². The molecular weight excluding hydrogens is 388 g/mol. The fraction of sp³-hybridized carbons (Fsp3) is 0.391. The minimum atomic E-state index is 0.311. The van der Waals surface area contributed by atoms with Crippen LogP contribution in [0.2, 0.25) is 0 Å². The Kier molecular flexibility index (Phi) is 5.05. The maximum Gasteiger partial charge on any atom is 0.239 e. The molecule has 5 rings (SSSR count). The summed E-state index contributed by atoms with van der Waals surface area (Å²) in [6.07, 6.45) is 7.56. The molecule has 1 aromatic carbocycles. The van der Waals surface area contributed by atoms with Crippen molar-refractivity contribution in [2.45, 2.75) is 45.6 Å². The van der Waals surface area contributed by atoms with Gasteiger partial charge >= 0.3 is 0 Å². The molecule has 0 aliphatic carbocycles. The Morgan fingerprint density at radius 2 is 2.10 bits per heavy atom. The molecule has 0 fully saturated rings. The van der Waals surface area contributed by atoms with Gasteiger partial charge in [-0.1, -0.05) is 25.1 Å². The van der Waals surface area contributed by atoms with E-state index in [1.54, 1.807) is 6.20 Å². The molecule has 0 spiro atoms. The number of hydrogen-bond donors (Lipinski definition) is 2. The number of rotatable bonds is 7. The molecule has 8 heteroatoms. The van der Waals surface area contributed by atoms with Crippen molar-refractivity contribution in [3.63, 3.8) is 0 Å². The van der Waals surface area contributed by atoms with Gasteiger partial charge in [-0.05, 0) is 38.3 Å². The van der Waals surface area contributed by atoms with E-state index in [0.717, 1.165) is 48.7 Å². The minimum absolute atomic E-state index is 0.311. The van der Waals surface area contributed by atoms with Crippen LogP contribution < -0.4 is 10.6 Å². The number of hydrogen-bond acceptors (Lipinski definition) is 6. The molecular formula is C23H28N8. The van der Waals surface area contributed by atoms with Crippen LogP contribution in [0.1, 0.15) is 50.0 Å². The van der Waals surface area contributed by atoms with E-state index in [2.05, 4.69) is 63.3 Å². The molecule has 0 saturated carbocycles. The second kappa shape index (κ2) is 8.02. The minimum Gasteiger partial charge on any atom is -0.384 e. The number of anilines is 2. The zero-order valence-electron chi connectivity index (χ0n) is 18.2. The smallest absolute Gasteiger partial charge is 0.239 e. The van der Waals surface area contributed by atoms with Crippen molar-refractivity contribution in [1.82, 2.24) is 29.1 Å². The number of nitrogens with zero attached hydrogens (tertiary/aromatic N) is 6. The number of aromatic nitrogens is 6. The average molecular weight is 417 g/mol. The van der Waals surface area contributed by atoms with Crippen LogP contribution >= 0.6 is 0 Å². The molecule has 2 unspecified atom stereocenters. The molecule has 0 saturated heterocycles. The van der Waals surface area contributed by atoms with Crippen LogP contribution in [0.5, 0.6) is 0 Å². The number of nitrogens with one attached hydrogen (secondary N) is 2. The third-order valence-corrected chi connectivity index (χ3v) is 6.24. The highest BCUT2D eigenvalue weighted by atomic mass is 15.3. The van der Waals surface area contributed by atoms with Crippen molar-refractivity contribution in [3.8, 4) is 5.95 Å². The monoisotopic (exact) mass is 416 g/mol. The Labute approximate surface area is 181 Å². The summed E-state index contributed by atoms with van der Waals surface area (Å²) < 4.78 is 4.05. The Bertz CT molecular complexity index is 1210. The third-order valence-electron chi connectivity index (χ3n) is 6.24. The Hall–Kier alpha value is -3.42. The fourth-order valence-corrected chi connectivity index (χ4v) is 4.22. The molecule has 0 amide bonds. The zero-order chi connectivity index (χ0) is 21.4. The van der Waals surface area contributed by atoms with Gasteiger partial charge in [0, 0.05) is 43.1 Å². The molecule has 1 aliphatic rings. The van der Waals surface area contributed by atoms with Crippen LogP contribution in [0.3, 0.4) is 0 Å². The molecule has 0 radical (unpaired) electrons. The second-order valence-corrected chi connectivity index (χ2v) is 8.18. The number of benzene rings is 1. The summed E-state index contributed by atoms with van der Waals surface area (Å²) in [7, 11) is 0. The molecule has 8 nitrogen and oxygen atoms in total. The van der Waals surface area contributed by atoms with E-state index >= 15 is 0 Å². The van der Waals surface area contributed by atoms with Gasteiger partial charge in [-0.15, -0.1) is 0 Å². The highest BCUT2D eigenvalue weighted by molar-refractivity contribution is 5.83. The number of para-hydroxylation sites is 1. The van der Waals surface area contributed by atoms with Gasteiger partial charge in [0.2, 0.25) is 5.95 Å². The Morgan fingerprint density at radius 1 is 1.23 bits per heavy atom. The normalized spacial score (nSPS) is 16.3. The maximum absolute atomic E-state index is 4.85. The molecule has 2 atom stereocenters. The van der Waals surface area contributed by atoms with Gasteiger partial charge in [-0.3, -0.25) is 4.57 Å². The summed E-state index contributed by atoms with van der Waals surface area (Å²) in [5.74, 6) is 2.74. The number of imidazole rings is 2. The van der Waals surface area contributed by atoms with Crippen LogP contribution in [-0.4, -0.2) is 42.2 Å². The van der Waals surface area contributed by atoms with Crippen molar-refractivity contribution in [1.29, 1.82) is 0 Å². The molecule has 2 N–H and O–H groups in total. The first-order valence-electron chi connectivity index (χ1n) is 11.0. The summed E-state index contributed by atoms with van der Waals surface area (Å²) in [4.78, 5) is 18.7. The van der Waals surface area contributed by atoms with Crippen LogP contribution in [0.15, 0.2) is 43.0 Å². The van der Waals surface area contributed by atoms with E-state index < -0.39 is 0 Å². The van der Waals surface area contributed by atoms with Crippen molar-refractivity contribution < 1.29 is 0 Å². The summed E-state index contributed by atoms with van der Waals surface area (Å²) in [5, 5.41) is 7.05. The highest BCUT2D eigenvalue weighted by Gasteiger charge is 2.22. The predicted octanol–water partition coefficient (Wildman–Crippen LogP) is 4.30. The highest BCUT2D eigenvalue weighted by Crippen LogP contribution is 2.33. The molecule has 4 heterocycles. The summed E-state index contributed by atoms with van der Waals surface area (Å²) in [6.45, 7) is 8.10. The Balaban J connectivity index is 1.45. The van der Waals surface area contributed by atoms with Gasteiger partial charge in [0.25, 0.3) is 0 Å². The first-order chi connectivity index (χ1) is 15.2. The lowest BCUT2D eigenvalue weighted by Gasteiger charge is -2.14. The predicted molar refractivity (Wildman–Crippen MR) is 123 cm³/mol. The standard InChI is InChI=1S/C23H28N8/c1-4-15(2)31-14-27-20-21(28-23(29-22(20)31)30-12-11-24-16(30)3)25-10-9-17-13-26-19-8-6-5-7-18(17)19/h5-8,11-12,14-15,17,26H,4,9-10,13H2,1-3H3,(H,25,28,29). The van der Waals surface area contributed by atoms with Gasteiger partial charge in [-0.25, -0.2) is 9.97 Å². The van der Waals surface area contributed by atoms with Gasteiger partial charge < -0.3 is 15.2 Å². The number of fused-ring (bicyclic) bond motifs is 2. The average Bonchev–Trinajstić information content (AvgIpc) is 3.51. The quantitative estimate of drug-likeness (QED) is 0.467. The third kappa shape index (κ3) is 3.52. The SMILES string of the molecule is CCC(C)n1cnc2c(NCCC3CNc4ccccc43)nc(-n3ccnc3C)nc21. The molecule has 0 bridgehead atoms. The first-order valence-corrected chi connectivity index (χ1v) is 11.0. The van der Waals surface area contributed by atoms with E-state index in [1.807, 2.05) is 24.0 Å². The topological polar surface area (TPSA) is 85.5 Å². The fourth-order valence-electron chi connectivity index (χ4n) is 4.22. The molecule has 1 aliphatic heterocycles. The molecule has 160 valence electrons. The molecule has 3 aromatic heterocycles. The lowest BCUT2D eigenvalue weighted by molar-refractivity contribution is 0.540. The molecule has 31 heavy (non-hydrogen) atoms. The van der Waals surface area contributed by atoms with Crippen LogP contribution in [-0.2, 0) is 0 Å². The lowest BCUT2D eigenvalue weighted by atomic mass is 9.98. The first kappa shape index (κ1) is 19.5. The summed E-state index contributed by atoms with van der Waals surface area (Å²) in [5.41, 5.74) is 4.31. The van der Waals surface area contributed by atoms with Crippen molar-refractivity contribution in [2.24, 2.45) is 0 Å². The van der Waals surface area contributed by atoms with Crippen LogP contribution in [0.25, 0.3) is 17.1 Å². The van der Waals surface area contributed by atoms with E-state index in [-0.39, 0.29) is 0 Å². The second-order valence-electron chi connectivity index (χ2n) is 8.18. The van der Waals surface area contributed by atoms with Crippen molar-refractivity contribution in [2.75, 3.05) is 23.7 Å². The maximum atomic E-state index is 4.85. The largest absolute Gasteiger partial charge is 0.384 e. The number of aryl methyl sites for hydroxylation is 1. The molecule has 4 aromatic rings. The van der Waals surface area contributed by atoms with E-state index in [4.69, 9.17) is 9.97 Å². The van der Waals surface area contributed by atoms with Crippen LogP contribution in [0, 0.1) is 6.92 Å². The Morgan fingerprint density at radius 3 is 2.90 bits per heavy atom. The van der Waals surface area contributed by atoms with E-state index in [1.165, 1.54) is 11.3 Å².